The molecule has 0 aromatic heterocycles. The van der Waals surface area contributed by atoms with Gasteiger partial charge in [-0.3, -0.25) is 9.59 Å². The molecule has 9 nitrogen and oxygen atoms in total. The molecule has 0 aliphatic heterocycles. The van der Waals surface area contributed by atoms with Crippen molar-refractivity contribution in [1.29, 1.82) is 0 Å². The molecule has 0 bridgehead atoms. The van der Waals surface area contributed by atoms with Crippen molar-refractivity contribution in [1.82, 2.24) is 5.43 Å². The predicted octanol–water partition coefficient (Wildman–Crippen LogP) is 2.12. The number of benzene rings is 2. The lowest BCUT2D eigenvalue weighted by Gasteiger charge is -2.07. The zero-order valence-electron chi connectivity index (χ0n) is 16.7. The molecule has 0 radical (unpaired) electrons. The maximum atomic E-state index is 12.0. The van der Waals surface area contributed by atoms with Crippen molar-refractivity contribution in [2.75, 3.05) is 25.6 Å². The Balaban J connectivity index is 1.80. The molecule has 2 N–H and O–H groups in total. The highest BCUT2D eigenvalue weighted by molar-refractivity contribution is 6.03. The van der Waals surface area contributed by atoms with Crippen LogP contribution in [0.2, 0.25) is 0 Å². The number of ether oxygens (including phenoxy) is 3. The number of carbonyl (C=O) groups excluding carboxylic acids is 3. The number of anilines is 1. The quantitative estimate of drug-likeness (QED) is 0.267. The van der Waals surface area contributed by atoms with Crippen molar-refractivity contribution < 1.29 is 28.6 Å². The summed E-state index contributed by atoms with van der Waals surface area (Å²) in [7, 11) is 1.52. The Morgan fingerprint density at radius 1 is 1.03 bits per heavy atom. The summed E-state index contributed by atoms with van der Waals surface area (Å²) in [5, 5.41) is 6.43. The van der Waals surface area contributed by atoms with E-state index in [1.54, 1.807) is 55.5 Å². The summed E-state index contributed by atoms with van der Waals surface area (Å²) < 4.78 is 15.2. The number of amides is 2. The SMILES string of the molecule is CCOC(=O)COc1cccc(C=NNC(=O)CC(=O)Nc2cccc(OC)c2)c1. The molecule has 0 aliphatic carbocycles. The molecule has 0 heterocycles. The summed E-state index contributed by atoms with van der Waals surface area (Å²) in [6.07, 6.45) is 1.01. The van der Waals surface area contributed by atoms with Crippen LogP contribution in [0.1, 0.15) is 18.9 Å². The van der Waals surface area contributed by atoms with Crippen LogP contribution in [0.5, 0.6) is 11.5 Å². The Bertz CT molecular complexity index is 913. The molecule has 0 saturated carbocycles. The molecule has 2 amide bonds. The first kappa shape index (κ1) is 22.4. The molecular formula is C21H23N3O6. The molecule has 2 aromatic carbocycles. The second-order valence-electron chi connectivity index (χ2n) is 5.92. The van der Waals surface area contributed by atoms with Gasteiger partial charge in [-0.15, -0.1) is 0 Å². The Hall–Kier alpha value is -3.88. The van der Waals surface area contributed by atoms with Gasteiger partial charge in [-0.25, -0.2) is 10.2 Å². The van der Waals surface area contributed by atoms with Crippen molar-refractivity contribution in [3.8, 4) is 11.5 Å². The lowest BCUT2D eigenvalue weighted by molar-refractivity contribution is -0.145. The molecule has 30 heavy (non-hydrogen) atoms. The van der Waals surface area contributed by atoms with Gasteiger partial charge >= 0.3 is 5.97 Å². The minimum atomic E-state index is -0.568. The zero-order valence-corrected chi connectivity index (χ0v) is 16.7. The van der Waals surface area contributed by atoms with Crippen molar-refractivity contribution >= 4 is 29.7 Å². The first-order valence-electron chi connectivity index (χ1n) is 9.14. The van der Waals surface area contributed by atoms with E-state index >= 15 is 0 Å². The standard InChI is InChI=1S/C21H23N3O6/c1-3-29-21(27)14-30-18-9-4-6-15(10-18)13-22-24-20(26)12-19(25)23-16-7-5-8-17(11-16)28-2/h4-11,13H,3,12,14H2,1-2H3,(H,23,25)(H,24,26). The second kappa shape index (κ2) is 11.8. The minimum absolute atomic E-state index is 0.201. The topological polar surface area (TPSA) is 115 Å². The van der Waals surface area contributed by atoms with Gasteiger partial charge in [0, 0.05) is 11.8 Å². The highest BCUT2D eigenvalue weighted by Gasteiger charge is 2.09. The maximum absolute atomic E-state index is 12.0. The van der Waals surface area contributed by atoms with Gasteiger partial charge in [0.25, 0.3) is 0 Å². The van der Waals surface area contributed by atoms with Crippen LogP contribution in [0.25, 0.3) is 0 Å². The van der Waals surface area contributed by atoms with Gasteiger partial charge in [-0.2, -0.15) is 5.10 Å². The lowest BCUT2D eigenvalue weighted by Crippen LogP contribution is -2.24. The Morgan fingerprint density at radius 2 is 1.80 bits per heavy atom. The lowest BCUT2D eigenvalue weighted by atomic mass is 10.2. The van der Waals surface area contributed by atoms with Gasteiger partial charge in [-0.1, -0.05) is 18.2 Å². The van der Waals surface area contributed by atoms with Crippen LogP contribution < -0.4 is 20.2 Å². The smallest absolute Gasteiger partial charge is 0.344 e. The molecule has 2 aromatic rings. The zero-order chi connectivity index (χ0) is 21.8. The van der Waals surface area contributed by atoms with Crippen molar-refractivity contribution in [3.63, 3.8) is 0 Å². The summed E-state index contributed by atoms with van der Waals surface area (Å²) in [4.78, 5) is 35.2. The van der Waals surface area contributed by atoms with Crippen LogP contribution in [0, 0.1) is 0 Å². The number of carbonyl (C=O) groups is 3. The fourth-order valence-corrected chi connectivity index (χ4v) is 2.30. The van der Waals surface area contributed by atoms with Gasteiger partial charge in [0.15, 0.2) is 6.61 Å². The number of methoxy groups -OCH3 is 1. The average molecular weight is 413 g/mol. The molecule has 0 fully saturated rings. The fraction of sp³-hybridized carbons (Fsp3) is 0.238. The molecule has 0 spiro atoms. The van der Waals surface area contributed by atoms with Gasteiger partial charge in [0.2, 0.25) is 11.8 Å². The molecular weight excluding hydrogens is 390 g/mol. The minimum Gasteiger partial charge on any atom is -0.497 e. The van der Waals surface area contributed by atoms with E-state index < -0.39 is 24.2 Å². The Morgan fingerprint density at radius 3 is 2.57 bits per heavy atom. The summed E-state index contributed by atoms with van der Waals surface area (Å²) >= 11 is 0. The van der Waals surface area contributed by atoms with Crippen LogP contribution in [0.15, 0.2) is 53.6 Å². The van der Waals surface area contributed by atoms with E-state index in [4.69, 9.17) is 14.2 Å². The molecule has 9 heteroatoms. The number of rotatable bonds is 10. The number of esters is 1. The van der Waals surface area contributed by atoms with Crippen molar-refractivity contribution in [2.45, 2.75) is 13.3 Å². The van der Waals surface area contributed by atoms with Crippen LogP contribution >= 0.6 is 0 Å². The molecule has 158 valence electrons. The number of nitrogens with one attached hydrogen (secondary N) is 2. The third-order valence-electron chi connectivity index (χ3n) is 3.60. The monoisotopic (exact) mass is 413 g/mol. The van der Waals surface area contributed by atoms with E-state index in [0.29, 0.717) is 22.7 Å². The number of hydrogen-bond donors (Lipinski definition) is 2. The summed E-state index contributed by atoms with van der Waals surface area (Å²) in [5.74, 6) is -0.464. The van der Waals surface area contributed by atoms with Gasteiger partial charge < -0.3 is 19.5 Å². The van der Waals surface area contributed by atoms with E-state index in [9.17, 15) is 14.4 Å². The Kier molecular flexibility index (Phi) is 8.85. The number of hydrogen-bond acceptors (Lipinski definition) is 7. The number of nitrogens with zero attached hydrogens (tertiary/aromatic N) is 1. The number of hydrazone groups is 1. The predicted molar refractivity (Wildman–Crippen MR) is 111 cm³/mol. The normalized spacial score (nSPS) is 10.3. The third-order valence-corrected chi connectivity index (χ3v) is 3.60. The third kappa shape index (κ3) is 8.01. The van der Waals surface area contributed by atoms with Crippen LogP contribution in [-0.4, -0.2) is 44.3 Å². The second-order valence-corrected chi connectivity index (χ2v) is 5.92. The van der Waals surface area contributed by atoms with Crippen molar-refractivity contribution in [3.05, 3.63) is 54.1 Å². The average Bonchev–Trinajstić information content (AvgIpc) is 2.73. The first-order valence-corrected chi connectivity index (χ1v) is 9.14. The molecule has 0 aliphatic rings. The van der Waals surface area contributed by atoms with E-state index in [1.165, 1.54) is 13.3 Å². The van der Waals surface area contributed by atoms with Crippen LogP contribution in [-0.2, 0) is 19.1 Å². The molecule has 2 rings (SSSR count). The summed E-state index contributed by atoms with van der Waals surface area (Å²) in [5.41, 5.74) is 3.45. The van der Waals surface area contributed by atoms with E-state index in [-0.39, 0.29) is 13.2 Å². The summed E-state index contributed by atoms with van der Waals surface area (Å²) in [6, 6.07) is 13.6. The highest BCUT2D eigenvalue weighted by atomic mass is 16.6. The van der Waals surface area contributed by atoms with Crippen LogP contribution in [0.3, 0.4) is 0 Å². The molecule has 0 unspecified atom stereocenters. The molecule has 0 saturated heterocycles. The Labute approximate surface area is 174 Å². The largest absolute Gasteiger partial charge is 0.497 e. The van der Waals surface area contributed by atoms with E-state index in [0.717, 1.165) is 0 Å². The van der Waals surface area contributed by atoms with E-state index in [2.05, 4.69) is 15.8 Å². The van der Waals surface area contributed by atoms with Gasteiger partial charge in [0.1, 0.15) is 17.9 Å². The summed E-state index contributed by atoms with van der Waals surface area (Å²) in [6.45, 7) is 1.80. The fourth-order valence-electron chi connectivity index (χ4n) is 2.30. The van der Waals surface area contributed by atoms with Crippen molar-refractivity contribution in [2.24, 2.45) is 5.10 Å². The van der Waals surface area contributed by atoms with Gasteiger partial charge in [0.05, 0.1) is 19.9 Å². The highest BCUT2D eigenvalue weighted by Crippen LogP contribution is 2.16. The van der Waals surface area contributed by atoms with Crippen LogP contribution in [0.4, 0.5) is 5.69 Å². The first-order chi connectivity index (χ1) is 14.5. The van der Waals surface area contributed by atoms with Gasteiger partial charge in [-0.05, 0) is 36.8 Å². The molecule has 0 atom stereocenters. The maximum Gasteiger partial charge on any atom is 0.344 e. The van der Waals surface area contributed by atoms with E-state index in [1.807, 2.05) is 0 Å².